The van der Waals surface area contributed by atoms with Crippen molar-refractivity contribution in [3.63, 3.8) is 0 Å². The zero-order chi connectivity index (χ0) is 27.7. The Morgan fingerprint density at radius 3 is 2.42 bits per heavy atom. The number of allylic oxidation sites excluding steroid dienone is 1. The molecule has 13 heteroatoms. The second kappa shape index (κ2) is 11.2. The molecule has 2 aliphatic carbocycles. The van der Waals surface area contributed by atoms with E-state index in [9.17, 15) is 27.1 Å². The number of hydrogen-bond acceptors (Lipinski definition) is 7. The number of nitrogens with one attached hydrogen (secondary N) is 1. The van der Waals surface area contributed by atoms with Crippen LogP contribution in [-0.4, -0.2) is 59.0 Å². The van der Waals surface area contributed by atoms with Gasteiger partial charge in [0.05, 0.1) is 16.3 Å². The topological polar surface area (TPSA) is 136 Å². The number of halogens is 2. The summed E-state index contributed by atoms with van der Waals surface area (Å²) in [6.07, 6.45) is 0.162. The number of carbonyl (C=O) groups excluding carboxylic acids is 1. The van der Waals surface area contributed by atoms with Crippen molar-refractivity contribution < 1.29 is 36.0 Å². The third kappa shape index (κ3) is 5.67. The monoisotopic (exact) mass is 569 g/mol. The van der Waals surface area contributed by atoms with Gasteiger partial charge in [-0.15, -0.1) is 0 Å². The van der Waals surface area contributed by atoms with Crippen molar-refractivity contribution in [1.82, 2.24) is 15.3 Å². The van der Waals surface area contributed by atoms with Crippen molar-refractivity contribution in [2.45, 2.75) is 67.7 Å². The van der Waals surface area contributed by atoms with Gasteiger partial charge in [-0.3, -0.25) is 9.78 Å². The molecule has 206 valence electrons. The van der Waals surface area contributed by atoms with Crippen molar-refractivity contribution in [2.24, 2.45) is 5.92 Å². The normalized spacial score (nSPS) is 25.8. The van der Waals surface area contributed by atoms with Gasteiger partial charge in [0, 0.05) is 30.4 Å². The van der Waals surface area contributed by atoms with Gasteiger partial charge in [0.15, 0.2) is 9.84 Å². The summed E-state index contributed by atoms with van der Waals surface area (Å²) < 4.78 is 73.7. The fourth-order valence-corrected chi connectivity index (χ4v) is 8.39. The average molecular weight is 570 g/mol. The number of carbonyl (C=O) groups is 1. The van der Waals surface area contributed by atoms with Crippen molar-refractivity contribution in [3.05, 3.63) is 54.0 Å². The molecule has 1 amide bonds. The number of likely N-dealkylation sites (N-methyl/N-ethyl adjacent to an activating group) is 1. The Hall–Kier alpha value is -2.69. The lowest BCUT2D eigenvalue weighted by Gasteiger charge is -2.28. The third-order valence-corrected chi connectivity index (χ3v) is 11.0. The number of hydrogen-bond donors (Lipinski definition) is 2. The maximum atomic E-state index is 15.2. The van der Waals surface area contributed by atoms with Gasteiger partial charge in [0.1, 0.15) is 18.0 Å². The summed E-state index contributed by atoms with van der Waals surface area (Å²) in [6.45, 7) is 3.64. The Labute approximate surface area is 220 Å². The minimum atomic E-state index is -4.85. The Morgan fingerprint density at radius 2 is 1.87 bits per heavy atom. The van der Waals surface area contributed by atoms with E-state index in [2.05, 4.69) is 15.3 Å². The number of benzene rings is 1. The first-order valence-electron chi connectivity index (χ1n) is 12.4. The molecule has 9 nitrogen and oxygen atoms in total. The van der Waals surface area contributed by atoms with E-state index in [0.717, 1.165) is 6.20 Å². The van der Waals surface area contributed by atoms with Gasteiger partial charge in [0.2, 0.25) is 5.88 Å². The highest BCUT2D eigenvalue weighted by Crippen LogP contribution is 2.59. The van der Waals surface area contributed by atoms with E-state index in [1.165, 1.54) is 36.7 Å². The molecule has 2 N–H and O–H groups in total. The maximum absolute atomic E-state index is 15.2. The predicted octanol–water partition coefficient (Wildman–Crippen LogP) is 4.04. The molecule has 2 aromatic rings. The second-order valence-corrected chi connectivity index (χ2v) is 13.5. The molecule has 1 heterocycles. The molecule has 2 unspecified atom stereocenters. The van der Waals surface area contributed by atoms with E-state index < -0.39 is 58.9 Å². The van der Waals surface area contributed by atoms with Gasteiger partial charge in [-0.05, 0) is 50.3 Å². The molecule has 5 atom stereocenters. The Balaban J connectivity index is 1.79. The summed E-state index contributed by atoms with van der Waals surface area (Å²) in [5.41, 5.74) is -1.10. The van der Waals surface area contributed by atoms with Crippen molar-refractivity contribution >= 4 is 28.9 Å². The molecule has 38 heavy (non-hydrogen) atoms. The lowest BCUT2D eigenvalue weighted by molar-refractivity contribution is -0.115. The van der Waals surface area contributed by atoms with Gasteiger partial charge in [-0.1, -0.05) is 24.6 Å². The van der Waals surface area contributed by atoms with Crippen molar-refractivity contribution in [2.75, 3.05) is 6.54 Å². The van der Waals surface area contributed by atoms with Crippen molar-refractivity contribution in [1.29, 1.82) is 0 Å². The van der Waals surface area contributed by atoms with Crippen LogP contribution in [0.25, 0.3) is 5.57 Å². The smallest absolute Gasteiger partial charge is 0.384 e. The van der Waals surface area contributed by atoms with Crippen LogP contribution in [0, 0.1) is 5.92 Å². The Kier molecular flexibility index (Phi) is 8.34. The lowest BCUT2D eigenvalue weighted by Crippen LogP contribution is -2.31. The number of amides is 1. The molecule has 0 saturated heterocycles. The summed E-state index contributed by atoms with van der Waals surface area (Å²) in [6, 6.07) is 5.78. The zero-order valence-corrected chi connectivity index (χ0v) is 22.7. The largest absolute Gasteiger partial charge is 0.404 e. The molecule has 2 aliphatic rings. The molecule has 0 aliphatic heterocycles. The number of rotatable bonds is 10. The Morgan fingerprint density at radius 1 is 1.18 bits per heavy atom. The highest BCUT2D eigenvalue weighted by Gasteiger charge is 2.56. The van der Waals surface area contributed by atoms with Crippen LogP contribution in [0.1, 0.15) is 45.1 Å². The third-order valence-electron chi connectivity index (χ3n) is 6.85. The first-order valence-corrected chi connectivity index (χ1v) is 15.6. The molecule has 1 aromatic carbocycles. The molecule has 0 bridgehead atoms. The van der Waals surface area contributed by atoms with E-state index in [1.54, 1.807) is 13.8 Å². The highest BCUT2D eigenvalue weighted by atomic mass is 32.2. The quantitative estimate of drug-likeness (QED) is 0.323. The van der Waals surface area contributed by atoms with Crippen LogP contribution in [0.15, 0.2) is 53.3 Å². The summed E-state index contributed by atoms with van der Waals surface area (Å²) in [5, 5.41) is 2.28. The summed E-state index contributed by atoms with van der Waals surface area (Å²) in [7, 11) is -8.32. The molecule has 0 spiro atoms. The van der Waals surface area contributed by atoms with Crippen LogP contribution < -0.4 is 9.84 Å². The van der Waals surface area contributed by atoms with Crippen LogP contribution >= 0.6 is 7.60 Å². The van der Waals surface area contributed by atoms with Gasteiger partial charge in [0.25, 0.3) is 5.91 Å². The van der Waals surface area contributed by atoms with Crippen LogP contribution in [0.3, 0.4) is 0 Å². The van der Waals surface area contributed by atoms with E-state index in [4.69, 9.17) is 4.52 Å². The molecule has 2 fully saturated rings. The van der Waals surface area contributed by atoms with E-state index >= 15 is 4.39 Å². The number of alkyl halides is 2. The van der Waals surface area contributed by atoms with Crippen LogP contribution in [0.4, 0.5) is 8.78 Å². The van der Waals surface area contributed by atoms with E-state index in [1.807, 2.05) is 0 Å². The minimum Gasteiger partial charge on any atom is -0.404 e. The Bertz CT molecular complexity index is 1350. The SMILES string of the molecule is CCNC(=O)/C(=C(\CC)[C@@H]1C[C@H](F)[C@H](F)C1P(=O)(O)Oc1cnccn1)c1ccc(S(=O)(=O)C2CC2)cc1. The number of sulfone groups is 1. The average Bonchev–Trinajstić information content (AvgIpc) is 3.69. The number of nitrogens with zero attached hydrogens (tertiary/aromatic N) is 2. The lowest BCUT2D eigenvalue weighted by atomic mass is 9.86. The predicted molar refractivity (Wildman–Crippen MR) is 137 cm³/mol. The van der Waals surface area contributed by atoms with Gasteiger partial charge < -0.3 is 14.7 Å². The second-order valence-electron chi connectivity index (χ2n) is 9.37. The van der Waals surface area contributed by atoms with Crippen LogP contribution in [-0.2, 0) is 19.2 Å². The minimum absolute atomic E-state index is 0.0838. The number of aromatic nitrogens is 2. The molecule has 1 aromatic heterocycles. The zero-order valence-electron chi connectivity index (χ0n) is 21.0. The summed E-state index contributed by atoms with van der Waals surface area (Å²) in [4.78, 5) is 31.7. The van der Waals surface area contributed by atoms with Crippen LogP contribution in [0.5, 0.6) is 5.88 Å². The maximum Gasteiger partial charge on any atom is 0.384 e. The molecular weight excluding hydrogens is 539 g/mol. The first kappa shape index (κ1) is 28.3. The van der Waals surface area contributed by atoms with Crippen LogP contribution in [0.2, 0.25) is 0 Å². The van der Waals surface area contributed by atoms with Gasteiger partial charge in [-0.2, -0.15) is 0 Å². The van der Waals surface area contributed by atoms with Gasteiger partial charge in [-0.25, -0.2) is 26.7 Å². The van der Waals surface area contributed by atoms with Crippen molar-refractivity contribution in [3.8, 4) is 5.88 Å². The van der Waals surface area contributed by atoms with Gasteiger partial charge >= 0.3 is 7.60 Å². The summed E-state index contributed by atoms with van der Waals surface area (Å²) in [5.74, 6) is -2.00. The standard InChI is InChI=1S/C25H30F2N3O6PS/c1-3-18(19-13-20(26)23(27)24(19)37(32,33)36-21-14-28-11-12-30-21)22(25(31)29-4-2)15-5-7-16(8-6-15)38(34,35)17-9-10-17/h5-8,11-12,14,17,19-20,23-24H,3-4,9-10,13H2,1-2H3,(H,29,31)(H,32,33)/b22-18+/t19-,20-,23-,24?/m0/s1. The van der Waals surface area contributed by atoms with E-state index in [0.29, 0.717) is 18.4 Å². The summed E-state index contributed by atoms with van der Waals surface area (Å²) >= 11 is 0. The molecule has 4 rings (SSSR count). The fourth-order valence-electron chi connectivity index (χ4n) is 4.95. The van der Waals surface area contributed by atoms with E-state index in [-0.39, 0.29) is 34.9 Å². The molecule has 2 saturated carbocycles. The molecular formula is C25H30F2N3O6PS. The molecule has 0 radical (unpaired) electrons. The first-order chi connectivity index (χ1) is 18.0. The highest BCUT2D eigenvalue weighted by molar-refractivity contribution is 7.92. The fraction of sp³-hybridized carbons (Fsp3) is 0.480.